The number of aromatic nitrogens is 3. The Bertz CT molecular complexity index is 926. The molecule has 0 bridgehead atoms. The second-order valence-corrected chi connectivity index (χ2v) is 7.08. The summed E-state index contributed by atoms with van der Waals surface area (Å²) in [6, 6.07) is 17.3. The molecular formula is C19H14ClN3O2S. The van der Waals surface area contributed by atoms with Crippen LogP contribution in [0.2, 0.25) is 5.02 Å². The maximum atomic E-state index is 5.91. The molecule has 0 saturated carbocycles. The van der Waals surface area contributed by atoms with Gasteiger partial charge in [-0.05, 0) is 31.2 Å². The first-order valence-electron chi connectivity index (χ1n) is 7.92. The average molecular weight is 384 g/mol. The summed E-state index contributed by atoms with van der Waals surface area (Å²) in [7, 11) is 0. The van der Waals surface area contributed by atoms with E-state index in [9.17, 15) is 0 Å². The van der Waals surface area contributed by atoms with Crippen molar-refractivity contribution in [3.8, 4) is 22.7 Å². The lowest BCUT2D eigenvalue weighted by molar-refractivity contribution is 0.396. The van der Waals surface area contributed by atoms with Crippen LogP contribution in [0.4, 0.5) is 0 Å². The molecule has 0 fully saturated rings. The van der Waals surface area contributed by atoms with Crippen LogP contribution in [0.3, 0.4) is 0 Å². The van der Waals surface area contributed by atoms with Gasteiger partial charge in [0.25, 0.3) is 5.22 Å². The summed E-state index contributed by atoms with van der Waals surface area (Å²) >= 11 is 7.31. The third-order valence-electron chi connectivity index (χ3n) is 3.74. The van der Waals surface area contributed by atoms with E-state index in [1.54, 1.807) is 0 Å². The number of rotatable bonds is 5. The molecule has 0 amide bonds. The van der Waals surface area contributed by atoms with Gasteiger partial charge in [0.1, 0.15) is 11.5 Å². The van der Waals surface area contributed by atoms with E-state index in [0.717, 1.165) is 22.6 Å². The highest BCUT2D eigenvalue weighted by molar-refractivity contribution is 7.98. The minimum Gasteiger partial charge on any atom is -0.411 e. The van der Waals surface area contributed by atoms with Crippen molar-refractivity contribution >= 4 is 23.4 Å². The molecule has 26 heavy (non-hydrogen) atoms. The molecule has 4 aromatic rings. The lowest BCUT2D eigenvalue weighted by Gasteiger charge is -1.95. The first-order chi connectivity index (χ1) is 12.7. The topological polar surface area (TPSA) is 65.0 Å². The van der Waals surface area contributed by atoms with Crippen LogP contribution in [0, 0.1) is 6.92 Å². The molecule has 0 aliphatic carbocycles. The molecule has 0 radical (unpaired) electrons. The van der Waals surface area contributed by atoms with Gasteiger partial charge < -0.3 is 8.94 Å². The van der Waals surface area contributed by atoms with Crippen LogP contribution >= 0.6 is 23.4 Å². The lowest BCUT2D eigenvalue weighted by atomic mass is 10.1. The summed E-state index contributed by atoms with van der Waals surface area (Å²) in [4.78, 5) is 0. The number of aryl methyl sites for hydroxylation is 1. The summed E-state index contributed by atoms with van der Waals surface area (Å²) in [5.74, 6) is 1.79. The van der Waals surface area contributed by atoms with Crippen LogP contribution < -0.4 is 0 Å². The predicted octanol–water partition coefficient (Wildman–Crippen LogP) is 5.65. The van der Waals surface area contributed by atoms with Crippen LogP contribution in [0.25, 0.3) is 22.7 Å². The van der Waals surface area contributed by atoms with Crippen LogP contribution in [0.5, 0.6) is 0 Å². The Hall–Kier alpha value is -2.57. The van der Waals surface area contributed by atoms with Crippen LogP contribution in [0.1, 0.15) is 11.3 Å². The molecule has 0 N–H and O–H groups in total. The highest BCUT2D eigenvalue weighted by Gasteiger charge is 2.12. The molecule has 2 aromatic heterocycles. The van der Waals surface area contributed by atoms with Crippen LogP contribution in [-0.2, 0) is 5.75 Å². The Morgan fingerprint density at radius 3 is 2.46 bits per heavy atom. The minimum atomic E-state index is 0.491. The first-order valence-corrected chi connectivity index (χ1v) is 9.28. The quantitative estimate of drug-likeness (QED) is 0.415. The Morgan fingerprint density at radius 1 is 0.962 bits per heavy atom. The first kappa shape index (κ1) is 16.9. The van der Waals surface area contributed by atoms with Crippen LogP contribution in [-0.4, -0.2) is 15.4 Å². The molecular weight excluding hydrogens is 370 g/mol. The number of thioether (sulfide) groups is 1. The molecule has 2 aromatic carbocycles. The number of hydrogen-bond acceptors (Lipinski definition) is 6. The summed E-state index contributed by atoms with van der Waals surface area (Å²) < 4.78 is 11.1. The fourth-order valence-electron chi connectivity index (χ4n) is 2.35. The van der Waals surface area contributed by atoms with Crippen LogP contribution in [0.15, 0.2) is 68.8 Å². The van der Waals surface area contributed by atoms with Gasteiger partial charge in [0.2, 0.25) is 5.89 Å². The summed E-state index contributed by atoms with van der Waals surface area (Å²) in [5, 5.41) is 13.4. The van der Waals surface area contributed by atoms with Gasteiger partial charge in [-0.15, -0.1) is 10.2 Å². The molecule has 0 spiro atoms. The Labute approximate surface area is 159 Å². The number of hydrogen-bond donors (Lipinski definition) is 0. The zero-order chi connectivity index (χ0) is 17.9. The number of halogens is 1. The third-order valence-corrected chi connectivity index (χ3v) is 4.83. The van der Waals surface area contributed by atoms with Gasteiger partial charge in [-0.25, -0.2) is 0 Å². The molecule has 2 heterocycles. The monoisotopic (exact) mass is 383 g/mol. The van der Waals surface area contributed by atoms with E-state index in [0.29, 0.717) is 21.9 Å². The maximum Gasteiger partial charge on any atom is 0.277 e. The lowest BCUT2D eigenvalue weighted by Crippen LogP contribution is -1.78. The summed E-state index contributed by atoms with van der Waals surface area (Å²) in [5.41, 5.74) is 3.81. The summed E-state index contributed by atoms with van der Waals surface area (Å²) in [6.07, 6.45) is 0. The zero-order valence-electron chi connectivity index (χ0n) is 13.8. The standard InChI is InChI=1S/C19H14ClN3O2S/c1-12-2-4-14(5-3-12)18-21-22-19(24-18)26-11-16-10-17(23-25-16)13-6-8-15(20)9-7-13/h2-10H,11H2,1H3. The van der Waals surface area contributed by atoms with Gasteiger partial charge in [0, 0.05) is 22.2 Å². The molecule has 4 rings (SSSR count). The minimum absolute atomic E-state index is 0.491. The van der Waals surface area contributed by atoms with E-state index in [1.165, 1.54) is 17.3 Å². The van der Waals surface area contributed by atoms with Gasteiger partial charge >= 0.3 is 0 Å². The van der Waals surface area contributed by atoms with Crippen molar-refractivity contribution in [3.05, 3.63) is 70.9 Å². The van der Waals surface area contributed by atoms with E-state index in [4.69, 9.17) is 20.5 Å². The molecule has 0 aliphatic heterocycles. The van der Waals surface area contributed by atoms with Crippen molar-refractivity contribution in [3.63, 3.8) is 0 Å². The van der Waals surface area contributed by atoms with E-state index in [1.807, 2.05) is 61.5 Å². The van der Waals surface area contributed by atoms with Crippen molar-refractivity contribution < 1.29 is 8.94 Å². The van der Waals surface area contributed by atoms with Gasteiger partial charge in [0.05, 0.1) is 5.75 Å². The van der Waals surface area contributed by atoms with Gasteiger partial charge in [-0.2, -0.15) is 0 Å². The predicted molar refractivity (Wildman–Crippen MR) is 101 cm³/mol. The fraction of sp³-hybridized carbons (Fsp3) is 0.105. The smallest absolute Gasteiger partial charge is 0.277 e. The van der Waals surface area contributed by atoms with E-state index < -0.39 is 0 Å². The maximum absolute atomic E-state index is 5.91. The SMILES string of the molecule is Cc1ccc(-c2nnc(SCc3cc(-c4ccc(Cl)cc4)no3)o2)cc1. The van der Waals surface area contributed by atoms with Gasteiger partial charge in [-0.1, -0.05) is 58.3 Å². The molecule has 7 heteroatoms. The molecule has 0 aliphatic rings. The van der Waals surface area contributed by atoms with Crippen molar-refractivity contribution in [2.45, 2.75) is 17.9 Å². The summed E-state index contributed by atoms with van der Waals surface area (Å²) in [6.45, 7) is 2.04. The second-order valence-electron chi connectivity index (χ2n) is 5.71. The highest BCUT2D eigenvalue weighted by atomic mass is 35.5. The van der Waals surface area contributed by atoms with Crippen molar-refractivity contribution in [2.24, 2.45) is 0 Å². The van der Waals surface area contributed by atoms with Crippen molar-refractivity contribution in [2.75, 3.05) is 0 Å². The van der Waals surface area contributed by atoms with E-state index >= 15 is 0 Å². The third kappa shape index (κ3) is 3.81. The largest absolute Gasteiger partial charge is 0.411 e. The normalized spacial score (nSPS) is 11.0. The van der Waals surface area contributed by atoms with Gasteiger partial charge in [0.15, 0.2) is 0 Å². The molecule has 0 unspecified atom stereocenters. The van der Waals surface area contributed by atoms with Gasteiger partial charge in [-0.3, -0.25) is 0 Å². The van der Waals surface area contributed by atoms with E-state index in [2.05, 4.69) is 15.4 Å². The highest BCUT2D eigenvalue weighted by Crippen LogP contribution is 2.28. The Kier molecular flexibility index (Phi) is 4.77. The second kappa shape index (κ2) is 7.35. The van der Waals surface area contributed by atoms with Crippen molar-refractivity contribution in [1.29, 1.82) is 0 Å². The molecule has 0 atom stereocenters. The molecule has 130 valence electrons. The Balaban J connectivity index is 1.42. The molecule has 0 saturated heterocycles. The fourth-order valence-corrected chi connectivity index (χ4v) is 3.12. The average Bonchev–Trinajstić information content (AvgIpc) is 3.31. The number of benzene rings is 2. The van der Waals surface area contributed by atoms with E-state index in [-0.39, 0.29) is 0 Å². The zero-order valence-corrected chi connectivity index (χ0v) is 15.4. The molecule has 5 nitrogen and oxygen atoms in total. The van der Waals surface area contributed by atoms with Crippen molar-refractivity contribution in [1.82, 2.24) is 15.4 Å². The Morgan fingerprint density at radius 2 is 1.69 bits per heavy atom. The number of nitrogens with zero attached hydrogens (tertiary/aromatic N) is 3.